The minimum atomic E-state index is 0.712. The van der Waals surface area contributed by atoms with Crippen molar-refractivity contribution >= 4 is 0 Å². The topological polar surface area (TPSA) is 33.1 Å². The molecular weight excluding hydrogens is 224 g/mol. The van der Waals surface area contributed by atoms with Crippen molar-refractivity contribution in [2.75, 3.05) is 20.1 Å². The minimum absolute atomic E-state index is 0.712. The average Bonchev–Trinajstić information content (AvgIpc) is 2.82. The quantitative estimate of drug-likeness (QED) is 0.862. The first-order valence-corrected chi connectivity index (χ1v) is 7.22. The van der Waals surface area contributed by atoms with E-state index < -0.39 is 0 Å². The maximum atomic E-state index is 4.62. The van der Waals surface area contributed by atoms with Gasteiger partial charge in [-0.3, -0.25) is 9.58 Å². The number of aromatic nitrogens is 2. The van der Waals surface area contributed by atoms with Gasteiger partial charge in [-0.2, -0.15) is 5.10 Å². The van der Waals surface area contributed by atoms with Gasteiger partial charge in [-0.05, 0) is 39.3 Å². The van der Waals surface area contributed by atoms with E-state index in [1.807, 2.05) is 0 Å². The van der Waals surface area contributed by atoms with Gasteiger partial charge in [-0.15, -0.1) is 0 Å². The molecular formula is C14H26N4. The third-order valence-corrected chi connectivity index (χ3v) is 3.96. The largest absolute Gasteiger partial charge is 0.317 e. The summed E-state index contributed by atoms with van der Waals surface area (Å²) in [5.41, 5.74) is 2.59. The second-order valence-corrected chi connectivity index (χ2v) is 5.14. The van der Waals surface area contributed by atoms with Gasteiger partial charge >= 0.3 is 0 Å². The first-order chi connectivity index (χ1) is 8.76. The fourth-order valence-electron chi connectivity index (χ4n) is 2.70. The van der Waals surface area contributed by atoms with Crippen LogP contribution in [0.3, 0.4) is 0 Å². The number of hydrogen-bond acceptors (Lipinski definition) is 3. The number of hydrogen-bond donors (Lipinski definition) is 1. The maximum Gasteiger partial charge on any atom is 0.0625 e. The van der Waals surface area contributed by atoms with Crippen LogP contribution in [-0.2, 0) is 19.5 Å². The van der Waals surface area contributed by atoms with Crippen LogP contribution in [0.25, 0.3) is 0 Å². The van der Waals surface area contributed by atoms with E-state index in [0.717, 1.165) is 19.5 Å². The van der Waals surface area contributed by atoms with Crippen molar-refractivity contribution in [1.29, 1.82) is 0 Å². The van der Waals surface area contributed by atoms with E-state index in [9.17, 15) is 0 Å². The summed E-state index contributed by atoms with van der Waals surface area (Å²) in [6.07, 6.45) is 3.55. The average molecular weight is 250 g/mol. The minimum Gasteiger partial charge on any atom is -0.317 e. The van der Waals surface area contributed by atoms with Crippen LogP contribution in [-0.4, -0.2) is 40.9 Å². The lowest BCUT2D eigenvalue weighted by atomic mass is 10.1. The summed E-state index contributed by atoms with van der Waals surface area (Å²) in [6, 6.07) is 2.98. The molecule has 0 bridgehead atoms. The molecule has 0 amide bonds. The van der Waals surface area contributed by atoms with Crippen molar-refractivity contribution in [3.05, 3.63) is 17.5 Å². The molecule has 1 aromatic heterocycles. The summed E-state index contributed by atoms with van der Waals surface area (Å²) in [7, 11) is 2.07. The Morgan fingerprint density at radius 1 is 1.33 bits per heavy atom. The molecule has 1 N–H and O–H groups in total. The van der Waals surface area contributed by atoms with Crippen molar-refractivity contribution < 1.29 is 0 Å². The number of piperidine rings is 1. The molecule has 102 valence electrons. The van der Waals surface area contributed by atoms with Crippen LogP contribution >= 0.6 is 0 Å². The highest BCUT2D eigenvalue weighted by atomic mass is 15.3. The van der Waals surface area contributed by atoms with Crippen LogP contribution in [0.4, 0.5) is 0 Å². The van der Waals surface area contributed by atoms with Crippen molar-refractivity contribution in [3.63, 3.8) is 0 Å². The Labute approximate surface area is 110 Å². The van der Waals surface area contributed by atoms with Gasteiger partial charge in [0.25, 0.3) is 0 Å². The first-order valence-electron chi connectivity index (χ1n) is 7.22. The number of nitrogens with one attached hydrogen (secondary N) is 1. The Hall–Kier alpha value is -0.870. The van der Waals surface area contributed by atoms with Gasteiger partial charge < -0.3 is 5.32 Å². The molecule has 1 aromatic rings. The van der Waals surface area contributed by atoms with Gasteiger partial charge in [0.05, 0.1) is 11.4 Å². The van der Waals surface area contributed by atoms with E-state index in [0.29, 0.717) is 6.04 Å². The highest BCUT2D eigenvalue weighted by Gasteiger charge is 2.19. The molecule has 2 heterocycles. The van der Waals surface area contributed by atoms with Crippen LogP contribution < -0.4 is 5.32 Å². The van der Waals surface area contributed by atoms with E-state index in [4.69, 9.17) is 0 Å². The van der Waals surface area contributed by atoms with Crippen LogP contribution in [0.1, 0.15) is 38.1 Å². The van der Waals surface area contributed by atoms with Crippen LogP contribution in [0, 0.1) is 0 Å². The lowest BCUT2D eigenvalue weighted by molar-refractivity contribution is 0.190. The van der Waals surface area contributed by atoms with E-state index in [-0.39, 0.29) is 0 Å². The molecule has 0 spiro atoms. The molecule has 0 radical (unpaired) electrons. The lowest BCUT2D eigenvalue weighted by Gasteiger charge is -2.31. The summed E-state index contributed by atoms with van der Waals surface area (Å²) in [5.74, 6) is 0. The van der Waals surface area contributed by atoms with Gasteiger partial charge in [0.15, 0.2) is 0 Å². The molecule has 0 aliphatic carbocycles. The molecule has 1 aliphatic rings. The highest BCUT2D eigenvalue weighted by molar-refractivity contribution is 5.10. The normalized spacial score (nSPS) is 18.4. The first kappa shape index (κ1) is 13.6. The summed E-state index contributed by atoms with van der Waals surface area (Å²) in [4.78, 5) is 2.55. The van der Waals surface area contributed by atoms with E-state index in [2.05, 4.69) is 47.0 Å². The van der Waals surface area contributed by atoms with Crippen molar-refractivity contribution in [2.45, 2.75) is 52.2 Å². The molecule has 4 nitrogen and oxygen atoms in total. The SMILES string of the molecule is CCc1cc(CN2CCC(NC)CC2)n(CC)n1. The van der Waals surface area contributed by atoms with Gasteiger partial charge in [0, 0.05) is 32.2 Å². The second kappa shape index (κ2) is 6.34. The zero-order valence-electron chi connectivity index (χ0n) is 11.9. The fourth-order valence-corrected chi connectivity index (χ4v) is 2.70. The van der Waals surface area contributed by atoms with Crippen molar-refractivity contribution in [1.82, 2.24) is 20.0 Å². The summed E-state index contributed by atoms with van der Waals surface area (Å²) in [5, 5.41) is 8.00. The molecule has 1 fully saturated rings. The Morgan fingerprint density at radius 3 is 2.61 bits per heavy atom. The van der Waals surface area contributed by atoms with E-state index >= 15 is 0 Å². The predicted octanol–water partition coefficient (Wildman–Crippen LogP) is 1.65. The number of likely N-dealkylation sites (tertiary alicyclic amines) is 1. The van der Waals surface area contributed by atoms with Gasteiger partial charge in [-0.1, -0.05) is 6.92 Å². The molecule has 0 unspecified atom stereocenters. The van der Waals surface area contributed by atoms with Gasteiger partial charge in [0.1, 0.15) is 0 Å². The van der Waals surface area contributed by atoms with Gasteiger partial charge in [-0.25, -0.2) is 0 Å². The lowest BCUT2D eigenvalue weighted by Crippen LogP contribution is -2.41. The molecule has 1 saturated heterocycles. The zero-order valence-corrected chi connectivity index (χ0v) is 11.9. The standard InChI is InChI=1S/C14H26N4/c1-4-12-10-14(18(5-2)16-12)11-17-8-6-13(15-3)7-9-17/h10,13,15H,4-9,11H2,1-3H3. The van der Waals surface area contributed by atoms with Gasteiger partial charge in [0.2, 0.25) is 0 Å². The molecule has 18 heavy (non-hydrogen) atoms. The Bertz CT molecular complexity index is 364. The third-order valence-electron chi connectivity index (χ3n) is 3.96. The van der Waals surface area contributed by atoms with Crippen molar-refractivity contribution in [2.24, 2.45) is 0 Å². The Kier molecular flexibility index (Phi) is 4.78. The number of aryl methyl sites for hydroxylation is 2. The van der Waals surface area contributed by atoms with Crippen LogP contribution in [0.15, 0.2) is 6.07 Å². The summed E-state index contributed by atoms with van der Waals surface area (Å²) < 4.78 is 2.16. The van der Waals surface area contributed by atoms with E-state index in [1.165, 1.54) is 37.3 Å². The molecule has 1 aliphatic heterocycles. The molecule has 0 atom stereocenters. The molecule has 0 saturated carbocycles. The molecule has 2 rings (SSSR count). The number of nitrogens with zero attached hydrogens (tertiary/aromatic N) is 3. The predicted molar refractivity (Wildman–Crippen MR) is 74.6 cm³/mol. The Morgan fingerprint density at radius 2 is 2.06 bits per heavy atom. The third kappa shape index (κ3) is 3.12. The second-order valence-electron chi connectivity index (χ2n) is 5.14. The zero-order chi connectivity index (χ0) is 13.0. The van der Waals surface area contributed by atoms with Crippen molar-refractivity contribution in [3.8, 4) is 0 Å². The molecule has 4 heteroatoms. The monoisotopic (exact) mass is 250 g/mol. The van der Waals surface area contributed by atoms with E-state index in [1.54, 1.807) is 0 Å². The fraction of sp³-hybridized carbons (Fsp3) is 0.786. The molecule has 0 aromatic carbocycles. The summed E-state index contributed by atoms with van der Waals surface area (Å²) in [6.45, 7) is 8.76. The smallest absolute Gasteiger partial charge is 0.0625 e. The van der Waals surface area contributed by atoms with Crippen LogP contribution in [0.2, 0.25) is 0 Å². The summed E-state index contributed by atoms with van der Waals surface area (Å²) >= 11 is 0. The highest BCUT2D eigenvalue weighted by Crippen LogP contribution is 2.14. The Balaban J connectivity index is 1.95. The van der Waals surface area contributed by atoms with Crippen LogP contribution in [0.5, 0.6) is 0 Å². The maximum absolute atomic E-state index is 4.62. The number of rotatable bonds is 5.